The number of anilines is 1. The summed E-state index contributed by atoms with van der Waals surface area (Å²) >= 11 is 0. The molecule has 1 N–H and O–H groups in total. The van der Waals surface area contributed by atoms with Crippen molar-refractivity contribution >= 4 is 23.3 Å². The third kappa shape index (κ3) is 2.77. The Morgan fingerprint density at radius 3 is 2.69 bits per heavy atom. The summed E-state index contributed by atoms with van der Waals surface area (Å²) in [6.45, 7) is 0. The van der Waals surface area contributed by atoms with Crippen molar-refractivity contribution in [1.82, 2.24) is 0 Å². The summed E-state index contributed by atoms with van der Waals surface area (Å²) in [5, 5.41) is 26.0. The lowest BCUT2D eigenvalue weighted by Crippen LogP contribution is -2.20. The molecule has 8 nitrogen and oxygen atoms in total. The quantitative estimate of drug-likeness (QED) is 0.360. The van der Waals surface area contributed by atoms with Gasteiger partial charge in [0.25, 0.3) is 5.69 Å². The van der Waals surface area contributed by atoms with E-state index < -0.39 is 9.85 Å². The summed E-state index contributed by atoms with van der Waals surface area (Å²) in [4.78, 5) is 20.6. The number of hydrazone groups is 1. The third-order valence-electron chi connectivity index (χ3n) is 5.70. The van der Waals surface area contributed by atoms with Crippen LogP contribution in [0.1, 0.15) is 12.8 Å². The molecule has 0 unspecified atom stereocenters. The SMILES string of the molecule is O=[N+]([O-])c1ccc(N/N=C/C[C@@H]2C=C[C@@H]3[C@H]2[C@H]2C=C[C@@H]3C2)c([N+](=O)[O-])c1. The molecular weight excluding hydrogens is 336 g/mol. The molecule has 0 radical (unpaired) electrons. The van der Waals surface area contributed by atoms with Crippen molar-refractivity contribution in [2.24, 2.45) is 34.7 Å². The molecule has 134 valence electrons. The Morgan fingerprint density at radius 2 is 1.92 bits per heavy atom. The summed E-state index contributed by atoms with van der Waals surface area (Å²) in [6.07, 6.45) is 13.0. The van der Waals surface area contributed by atoms with Crippen LogP contribution in [0.2, 0.25) is 0 Å². The van der Waals surface area contributed by atoms with Gasteiger partial charge in [-0.2, -0.15) is 5.10 Å². The molecule has 5 atom stereocenters. The average Bonchev–Trinajstić information content (AvgIpc) is 3.32. The Hall–Kier alpha value is -3.03. The number of benzene rings is 1. The molecule has 1 saturated carbocycles. The van der Waals surface area contributed by atoms with Crippen LogP contribution in [-0.2, 0) is 0 Å². The second-order valence-corrected chi connectivity index (χ2v) is 7.03. The first-order chi connectivity index (χ1) is 12.5. The summed E-state index contributed by atoms with van der Waals surface area (Å²) in [6, 6.07) is 3.46. The van der Waals surface area contributed by atoms with Gasteiger partial charge < -0.3 is 0 Å². The van der Waals surface area contributed by atoms with Crippen LogP contribution >= 0.6 is 0 Å². The van der Waals surface area contributed by atoms with Gasteiger partial charge in [-0.15, -0.1) is 0 Å². The summed E-state index contributed by atoms with van der Waals surface area (Å²) in [5.41, 5.74) is 2.10. The maximum Gasteiger partial charge on any atom is 0.301 e. The zero-order valence-corrected chi connectivity index (χ0v) is 13.9. The topological polar surface area (TPSA) is 111 Å². The molecule has 3 aliphatic carbocycles. The fourth-order valence-corrected chi connectivity index (χ4v) is 4.58. The molecule has 8 heteroatoms. The second kappa shape index (κ2) is 6.36. The highest BCUT2D eigenvalue weighted by molar-refractivity contribution is 5.67. The molecular formula is C18H18N4O4. The van der Waals surface area contributed by atoms with E-state index in [1.165, 1.54) is 18.6 Å². The number of nitrogens with one attached hydrogen (secondary N) is 1. The maximum absolute atomic E-state index is 11.1. The van der Waals surface area contributed by atoms with Crippen molar-refractivity contribution in [3.63, 3.8) is 0 Å². The minimum atomic E-state index is -0.660. The van der Waals surface area contributed by atoms with Gasteiger partial charge in [0.15, 0.2) is 0 Å². The van der Waals surface area contributed by atoms with Crippen LogP contribution in [0.15, 0.2) is 47.6 Å². The molecule has 4 rings (SSSR count). The molecule has 0 saturated heterocycles. The normalized spacial score (nSPS) is 30.8. The van der Waals surface area contributed by atoms with E-state index in [-0.39, 0.29) is 17.1 Å². The average molecular weight is 354 g/mol. The van der Waals surface area contributed by atoms with Crippen molar-refractivity contribution in [2.75, 3.05) is 5.43 Å². The van der Waals surface area contributed by atoms with E-state index in [4.69, 9.17) is 0 Å². The number of nitro groups is 2. The van der Waals surface area contributed by atoms with Gasteiger partial charge in [-0.05, 0) is 48.5 Å². The van der Waals surface area contributed by atoms with E-state index in [2.05, 4.69) is 34.8 Å². The number of rotatable bonds is 6. The number of fused-ring (bicyclic) bond motifs is 5. The monoisotopic (exact) mass is 354 g/mol. The fourth-order valence-electron chi connectivity index (χ4n) is 4.58. The van der Waals surface area contributed by atoms with Gasteiger partial charge in [-0.3, -0.25) is 25.7 Å². The molecule has 0 spiro atoms. The van der Waals surface area contributed by atoms with E-state index in [0.29, 0.717) is 29.6 Å². The Labute approximate surface area is 149 Å². The van der Waals surface area contributed by atoms with Crippen LogP contribution in [-0.4, -0.2) is 16.1 Å². The number of non-ortho nitro benzene ring substituents is 1. The van der Waals surface area contributed by atoms with Gasteiger partial charge in [0.1, 0.15) is 5.69 Å². The highest BCUT2D eigenvalue weighted by atomic mass is 16.6. The van der Waals surface area contributed by atoms with Crippen molar-refractivity contribution in [3.05, 3.63) is 62.7 Å². The molecule has 2 bridgehead atoms. The lowest BCUT2D eigenvalue weighted by molar-refractivity contribution is -0.393. The largest absolute Gasteiger partial charge is 0.301 e. The number of nitro benzene ring substituents is 2. The Bertz CT molecular complexity index is 848. The minimum Gasteiger partial charge on any atom is -0.272 e. The predicted molar refractivity (Wildman–Crippen MR) is 96.8 cm³/mol. The molecule has 0 aliphatic heterocycles. The van der Waals surface area contributed by atoms with Crippen LogP contribution in [0.25, 0.3) is 0 Å². The van der Waals surface area contributed by atoms with Crippen LogP contribution in [0.4, 0.5) is 17.1 Å². The lowest BCUT2D eigenvalue weighted by Gasteiger charge is -2.25. The molecule has 0 amide bonds. The minimum absolute atomic E-state index is 0.138. The van der Waals surface area contributed by atoms with Crippen molar-refractivity contribution < 1.29 is 9.85 Å². The third-order valence-corrected chi connectivity index (χ3v) is 5.70. The van der Waals surface area contributed by atoms with Crippen molar-refractivity contribution in [3.8, 4) is 0 Å². The molecule has 26 heavy (non-hydrogen) atoms. The van der Waals surface area contributed by atoms with E-state index in [9.17, 15) is 20.2 Å². The number of allylic oxidation sites excluding steroid dienone is 4. The summed E-state index contributed by atoms with van der Waals surface area (Å²) in [5.74, 6) is 3.07. The zero-order chi connectivity index (χ0) is 18.3. The molecule has 1 aromatic carbocycles. The summed E-state index contributed by atoms with van der Waals surface area (Å²) < 4.78 is 0. The van der Waals surface area contributed by atoms with Gasteiger partial charge in [-0.1, -0.05) is 24.3 Å². The second-order valence-electron chi connectivity index (χ2n) is 7.03. The van der Waals surface area contributed by atoms with Gasteiger partial charge in [0.2, 0.25) is 0 Å². The molecule has 1 fully saturated rings. The van der Waals surface area contributed by atoms with Crippen molar-refractivity contribution in [2.45, 2.75) is 12.8 Å². The Balaban J connectivity index is 1.40. The van der Waals surface area contributed by atoms with Gasteiger partial charge in [0, 0.05) is 12.3 Å². The molecule has 3 aliphatic rings. The molecule has 0 aromatic heterocycles. The smallest absolute Gasteiger partial charge is 0.272 e. The predicted octanol–water partition coefficient (Wildman–Crippen LogP) is 3.92. The van der Waals surface area contributed by atoms with Crippen LogP contribution in [0.3, 0.4) is 0 Å². The lowest BCUT2D eigenvalue weighted by atomic mass is 9.79. The Kier molecular flexibility index (Phi) is 4.02. The van der Waals surface area contributed by atoms with Crippen LogP contribution in [0.5, 0.6) is 0 Å². The highest BCUT2D eigenvalue weighted by Crippen LogP contribution is 2.55. The summed E-state index contributed by atoms with van der Waals surface area (Å²) in [7, 11) is 0. The first-order valence-corrected chi connectivity index (χ1v) is 8.61. The van der Waals surface area contributed by atoms with Gasteiger partial charge in [0.05, 0.1) is 15.9 Å². The number of hydrogen-bond acceptors (Lipinski definition) is 6. The molecule has 1 aromatic rings. The van der Waals surface area contributed by atoms with E-state index >= 15 is 0 Å². The number of nitrogens with zero attached hydrogens (tertiary/aromatic N) is 3. The number of hydrogen-bond donors (Lipinski definition) is 1. The highest BCUT2D eigenvalue weighted by Gasteiger charge is 2.48. The Morgan fingerprint density at radius 1 is 1.12 bits per heavy atom. The van der Waals surface area contributed by atoms with Gasteiger partial charge in [-0.25, -0.2) is 0 Å². The zero-order valence-electron chi connectivity index (χ0n) is 13.9. The van der Waals surface area contributed by atoms with Crippen molar-refractivity contribution in [1.29, 1.82) is 0 Å². The van der Waals surface area contributed by atoms with E-state index in [1.54, 1.807) is 6.21 Å². The standard InChI is InChI=1S/C18H18N4O4/c23-21(24)14-4-6-16(17(10-14)22(25)26)20-19-8-7-11-3-5-15-12-1-2-13(9-12)18(11)15/h1-6,8,10-13,15,18,20H,7,9H2/b19-8+/t11-,12+,13-,15-,18+/m0/s1. The van der Waals surface area contributed by atoms with E-state index in [1.807, 2.05) is 0 Å². The van der Waals surface area contributed by atoms with Crippen LogP contribution in [0, 0.1) is 49.8 Å². The van der Waals surface area contributed by atoms with Gasteiger partial charge >= 0.3 is 5.69 Å². The van der Waals surface area contributed by atoms with E-state index in [0.717, 1.165) is 12.5 Å². The first-order valence-electron chi connectivity index (χ1n) is 8.61. The molecule has 0 heterocycles. The fraction of sp³-hybridized carbons (Fsp3) is 0.389. The first kappa shape index (κ1) is 16.4. The van der Waals surface area contributed by atoms with Crippen LogP contribution < -0.4 is 5.43 Å². The maximum atomic E-state index is 11.1.